The van der Waals surface area contributed by atoms with Crippen molar-refractivity contribution in [2.24, 2.45) is 10.9 Å². The Kier molecular flexibility index (Phi) is 2.67. The predicted molar refractivity (Wildman–Crippen MR) is 49.1 cm³/mol. The molecule has 0 aromatic carbocycles. The van der Waals surface area contributed by atoms with Crippen molar-refractivity contribution in [2.75, 3.05) is 6.61 Å². The van der Waals surface area contributed by atoms with Crippen LogP contribution in [0.4, 0.5) is 0 Å². The van der Waals surface area contributed by atoms with Crippen molar-refractivity contribution in [1.29, 1.82) is 0 Å². The third kappa shape index (κ3) is 1.72. The fourth-order valence-corrected chi connectivity index (χ4v) is 2.00. The number of rotatable bonds is 2. The summed E-state index contributed by atoms with van der Waals surface area (Å²) < 4.78 is 5.35. The Hall–Kier alpha value is -1.10. The highest BCUT2D eigenvalue weighted by atomic mass is 16.5. The number of hydrogen-bond acceptors (Lipinski definition) is 4. The largest absolute Gasteiger partial charge is 0.478 e. The molecule has 1 saturated carbocycles. The molecule has 0 aromatic heterocycles. The fraction of sp³-hybridized carbons (Fsp3) is 0.778. The second-order valence-electron chi connectivity index (χ2n) is 3.75. The van der Waals surface area contributed by atoms with Crippen LogP contribution in [-0.4, -0.2) is 29.7 Å². The summed E-state index contributed by atoms with van der Waals surface area (Å²) in [5.41, 5.74) is 1.59. The maximum Gasteiger partial charge on any atom is 0.271 e. The zero-order valence-electron chi connectivity index (χ0n) is 7.90. The second kappa shape index (κ2) is 3.96. The average molecular weight is 198 g/mol. The van der Waals surface area contributed by atoms with Crippen LogP contribution >= 0.6 is 0 Å². The lowest BCUT2D eigenvalue weighted by Gasteiger charge is -2.06. The molecule has 14 heavy (non-hydrogen) atoms. The molecule has 2 aliphatic rings. The Morgan fingerprint density at radius 1 is 1.50 bits per heavy atom. The summed E-state index contributed by atoms with van der Waals surface area (Å²) >= 11 is 0. The number of nitrogens with one attached hydrogen (secondary N) is 1. The topological polar surface area (TPSA) is 70.9 Å². The van der Waals surface area contributed by atoms with Crippen LogP contribution in [0.2, 0.25) is 0 Å². The molecule has 1 heterocycles. The van der Waals surface area contributed by atoms with Gasteiger partial charge in [0.2, 0.25) is 0 Å². The first-order valence-electron chi connectivity index (χ1n) is 4.95. The Balaban J connectivity index is 1.97. The van der Waals surface area contributed by atoms with Gasteiger partial charge in [-0.3, -0.25) is 10.0 Å². The highest BCUT2D eigenvalue weighted by Crippen LogP contribution is 2.28. The molecule has 5 heteroatoms. The molecule has 2 rings (SSSR count). The Morgan fingerprint density at radius 3 is 2.86 bits per heavy atom. The molecule has 0 spiro atoms. The maximum atomic E-state index is 11.0. The third-order valence-corrected chi connectivity index (χ3v) is 2.79. The van der Waals surface area contributed by atoms with E-state index in [1.165, 1.54) is 12.8 Å². The quantitative estimate of drug-likeness (QED) is 0.500. The summed E-state index contributed by atoms with van der Waals surface area (Å²) in [6.07, 6.45) is 4.63. The van der Waals surface area contributed by atoms with Gasteiger partial charge in [-0.05, 0) is 12.8 Å². The molecule has 2 N–H and O–H groups in total. The fourth-order valence-electron chi connectivity index (χ4n) is 2.00. The van der Waals surface area contributed by atoms with E-state index in [-0.39, 0.29) is 6.61 Å². The van der Waals surface area contributed by atoms with Crippen LogP contribution in [0.15, 0.2) is 4.99 Å². The lowest BCUT2D eigenvalue weighted by molar-refractivity contribution is -0.130. The number of nitrogens with zero attached hydrogens (tertiary/aromatic N) is 1. The minimum atomic E-state index is -0.560. The van der Waals surface area contributed by atoms with Crippen molar-refractivity contribution in [3.63, 3.8) is 0 Å². The molecule has 0 unspecified atom stereocenters. The molecule has 78 valence electrons. The average Bonchev–Trinajstić information content (AvgIpc) is 2.86. The minimum Gasteiger partial charge on any atom is -0.478 e. The van der Waals surface area contributed by atoms with E-state index in [1.54, 1.807) is 5.48 Å². The summed E-state index contributed by atoms with van der Waals surface area (Å²) in [7, 11) is 0. The van der Waals surface area contributed by atoms with E-state index in [0.717, 1.165) is 12.8 Å². The van der Waals surface area contributed by atoms with Gasteiger partial charge in [-0.2, -0.15) is 0 Å². The highest BCUT2D eigenvalue weighted by Gasteiger charge is 2.31. The lowest BCUT2D eigenvalue weighted by atomic mass is 10.1. The second-order valence-corrected chi connectivity index (χ2v) is 3.75. The number of aliphatic imine (C=N–C) groups is 1. The molecule has 1 aliphatic carbocycles. The van der Waals surface area contributed by atoms with Crippen molar-refractivity contribution < 1.29 is 14.7 Å². The zero-order chi connectivity index (χ0) is 9.97. The van der Waals surface area contributed by atoms with E-state index in [1.807, 2.05) is 0 Å². The summed E-state index contributed by atoms with van der Waals surface area (Å²) in [5.74, 6) is 0.612. The van der Waals surface area contributed by atoms with Crippen molar-refractivity contribution in [2.45, 2.75) is 31.7 Å². The van der Waals surface area contributed by atoms with Crippen molar-refractivity contribution in [1.82, 2.24) is 5.48 Å². The summed E-state index contributed by atoms with van der Waals surface area (Å²) in [4.78, 5) is 15.2. The van der Waals surface area contributed by atoms with E-state index >= 15 is 0 Å². The van der Waals surface area contributed by atoms with Gasteiger partial charge in [-0.1, -0.05) is 12.8 Å². The maximum absolute atomic E-state index is 11.0. The molecular weight excluding hydrogens is 184 g/mol. The monoisotopic (exact) mass is 198 g/mol. The van der Waals surface area contributed by atoms with Crippen LogP contribution in [0, 0.1) is 5.92 Å². The normalized spacial score (nSPS) is 27.2. The Morgan fingerprint density at radius 2 is 2.21 bits per heavy atom. The number of amides is 1. The van der Waals surface area contributed by atoms with E-state index in [2.05, 4.69) is 4.99 Å². The van der Waals surface area contributed by atoms with Crippen LogP contribution in [0.25, 0.3) is 0 Å². The third-order valence-electron chi connectivity index (χ3n) is 2.79. The molecular formula is C9H14N2O3. The SMILES string of the molecule is O=C(NO)[C@H]1COC(C2CCCC2)=N1. The lowest BCUT2D eigenvalue weighted by Crippen LogP contribution is -2.31. The van der Waals surface area contributed by atoms with Gasteiger partial charge in [0.05, 0.1) is 0 Å². The smallest absolute Gasteiger partial charge is 0.271 e. The van der Waals surface area contributed by atoms with Gasteiger partial charge in [-0.25, -0.2) is 10.5 Å². The van der Waals surface area contributed by atoms with Gasteiger partial charge in [0, 0.05) is 5.92 Å². The van der Waals surface area contributed by atoms with Gasteiger partial charge < -0.3 is 4.74 Å². The minimum absolute atomic E-state index is 0.262. The molecule has 0 bridgehead atoms. The highest BCUT2D eigenvalue weighted by molar-refractivity contribution is 5.88. The summed E-state index contributed by atoms with van der Waals surface area (Å²) in [6.45, 7) is 0.262. The van der Waals surface area contributed by atoms with Crippen molar-refractivity contribution >= 4 is 11.8 Å². The number of ether oxygens (including phenoxy) is 1. The number of hydrogen-bond donors (Lipinski definition) is 2. The van der Waals surface area contributed by atoms with E-state index in [4.69, 9.17) is 9.94 Å². The molecule has 1 aliphatic heterocycles. The van der Waals surface area contributed by atoms with E-state index in [0.29, 0.717) is 11.8 Å². The summed E-state index contributed by atoms with van der Waals surface area (Å²) in [6, 6.07) is -0.560. The van der Waals surface area contributed by atoms with E-state index in [9.17, 15) is 4.79 Å². The molecule has 1 amide bonds. The first kappa shape index (κ1) is 9.45. The van der Waals surface area contributed by atoms with Gasteiger partial charge in [-0.15, -0.1) is 0 Å². The molecule has 1 fully saturated rings. The molecule has 0 aromatic rings. The Bertz CT molecular complexity index is 259. The van der Waals surface area contributed by atoms with Crippen LogP contribution in [0.3, 0.4) is 0 Å². The standard InChI is InChI=1S/C9H14N2O3/c12-8(11-13)7-5-14-9(10-7)6-3-1-2-4-6/h6-7,13H,1-5H2,(H,11,12)/t7-/m1/s1. The summed E-state index contributed by atoms with van der Waals surface area (Å²) in [5, 5.41) is 8.42. The van der Waals surface area contributed by atoms with Crippen molar-refractivity contribution in [3.05, 3.63) is 0 Å². The van der Waals surface area contributed by atoms with E-state index < -0.39 is 11.9 Å². The van der Waals surface area contributed by atoms with Crippen LogP contribution in [0.5, 0.6) is 0 Å². The molecule has 1 atom stereocenters. The van der Waals surface area contributed by atoms with Gasteiger partial charge >= 0.3 is 0 Å². The van der Waals surface area contributed by atoms with Crippen LogP contribution < -0.4 is 5.48 Å². The first-order valence-corrected chi connectivity index (χ1v) is 4.95. The van der Waals surface area contributed by atoms with Gasteiger partial charge in [0.15, 0.2) is 11.9 Å². The number of hydroxylamine groups is 1. The molecule has 0 radical (unpaired) electrons. The number of carbonyl (C=O) groups is 1. The van der Waals surface area contributed by atoms with Gasteiger partial charge in [0.1, 0.15) is 6.61 Å². The number of carbonyl (C=O) groups excluding carboxylic acids is 1. The van der Waals surface area contributed by atoms with Crippen LogP contribution in [0.1, 0.15) is 25.7 Å². The molecule has 0 saturated heterocycles. The van der Waals surface area contributed by atoms with Crippen LogP contribution in [-0.2, 0) is 9.53 Å². The predicted octanol–water partition coefficient (Wildman–Crippen LogP) is 0.479. The zero-order valence-corrected chi connectivity index (χ0v) is 7.90. The van der Waals surface area contributed by atoms with Gasteiger partial charge in [0.25, 0.3) is 5.91 Å². The molecule has 5 nitrogen and oxygen atoms in total. The first-order chi connectivity index (χ1) is 6.81. The van der Waals surface area contributed by atoms with Crippen molar-refractivity contribution in [3.8, 4) is 0 Å². The Labute approximate surface area is 82.1 Å².